The van der Waals surface area contributed by atoms with Gasteiger partial charge in [0.05, 0.1) is 32.3 Å². The summed E-state index contributed by atoms with van der Waals surface area (Å²) in [6.45, 7) is 5.79. The standard InChI is InChI=1S/C30H32N2O5/c1-4-36-25-16-20-14-15-32-28(24(20)17-26(25)37-5-2)27(22-8-6-7-9-23(22)30(32)34)29(33)31-18-19-10-12-21(35-3)13-11-19/h6-13,16-17,27-28H,4-5,14-15,18H2,1-3H3,(H,31,33)/t27-,28-/m0/s1. The monoisotopic (exact) mass is 500 g/mol. The molecular formula is C30H32N2O5. The van der Waals surface area contributed by atoms with Gasteiger partial charge < -0.3 is 24.4 Å². The minimum atomic E-state index is -0.557. The molecule has 0 fully saturated rings. The number of nitrogens with one attached hydrogen (secondary N) is 1. The average Bonchev–Trinajstić information content (AvgIpc) is 2.93. The van der Waals surface area contributed by atoms with Crippen molar-refractivity contribution in [1.29, 1.82) is 0 Å². The summed E-state index contributed by atoms with van der Waals surface area (Å²) in [7, 11) is 1.63. The molecule has 0 saturated heterocycles. The van der Waals surface area contributed by atoms with Crippen molar-refractivity contribution in [3.8, 4) is 17.2 Å². The highest BCUT2D eigenvalue weighted by Crippen LogP contribution is 2.48. The fourth-order valence-corrected chi connectivity index (χ4v) is 5.40. The van der Waals surface area contributed by atoms with E-state index in [-0.39, 0.29) is 11.8 Å². The molecule has 0 spiro atoms. The van der Waals surface area contributed by atoms with Gasteiger partial charge in [-0.2, -0.15) is 0 Å². The Morgan fingerprint density at radius 2 is 1.68 bits per heavy atom. The van der Waals surface area contributed by atoms with Crippen LogP contribution in [-0.4, -0.2) is 43.6 Å². The highest BCUT2D eigenvalue weighted by molar-refractivity contribution is 6.01. The Balaban J connectivity index is 1.54. The number of nitrogens with zero attached hydrogens (tertiary/aromatic N) is 1. The van der Waals surface area contributed by atoms with Crippen molar-refractivity contribution in [3.05, 3.63) is 88.5 Å². The van der Waals surface area contributed by atoms with Crippen molar-refractivity contribution in [1.82, 2.24) is 10.2 Å². The van der Waals surface area contributed by atoms with Crippen LogP contribution in [-0.2, 0) is 17.8 Å². The van der Waals surface area contributed by atoms with Gasteiger partial charge in [-0.05, 0) is 72.9 Å². The average molecular weight is 501 g/mol. The summed E-state index contributed by atoms with van der Waals surface area (Å²) in [4.78, 5) is 29.3. The van der Waals surface area contributed by atoms with Gasteiger partial charge in [-0.25, -0.2) is 0 Å². The van der Waals surface area contributed by atoms with E-state index in [1.165, 1.54) is 0 Å². The number of carbonyl (C=O) groups excluding carboxylic acids is 2. The molecule has 0 unspecified atom stereocenters. The Bertz CT molecular complexity index is 1300. The van der Waals surface area contributed by atoms with Crippen molar-refractivity contribution in [2.24, 2.45) is 0 Å². The number of hydrogen-bond donors (Lipinski definition) is 1. The molecular weight excluding hydrogens is 468 g/mol. The first-order valence-corrected chi connectivity index (χ1v) is 12.8. The highest BCUT2D eigenvalue weighted by Gasteiger charge is 2.46. The second-order valence-corrected chi connectivity index (χ2v) is 9.19. The molecule has 192 valence electrons. The van der Waals surface area contributed by atoms with Crippen LogP contribution in [0.5, 0.6) is 17.2 Å². The molecule has 2 aliphatic rings. The van der Waals surface area contributed by atoms with Crippen molar-refractivity contribution in [3.63, 3.8) is 0 Å². The van der Waals surface area contributed by atoms with Crippen LogP contribution in [0, 0.1) is 0 Å². The van der Waals surface area contributed by atoms with Crippen LogP contribution in [0.1, 0.15) is 58.4 Å². The summed E-state index contributed by atoms with van der Waals surface area (Å²) >= 11 is 0. The number of ether oxygens (including phenoxy) is 3. The third kappa shape index (κ3) is 4.61. The third-order valence-corrected chi connectivity index (χ3v) is 7.09. The lowest BCUT2D eigenvalue weighted by Crippen LogP contribution is -2.50. The SMILES string of the molecule is CCOc1cc2c(cc1OCC)[C@H]1[C@@H](C(=O)NCc3ccc(OC)cc3)c3ccccc3C(=O)N1CC2. The van der Waals surface area contributed by atoms with Gasteiger partial charge in [0.15, 0.2) is 11.5 Å². The number of hydrogen-bond acceptors (Lipinski definition) is 5. The Kier molecular flexibility index (Phi) is 7.04. The van der Waals surface area contributed by atoms with Gasteiger partial charge in [0, 0.05) is 18.7 Å². The van der Waals surface area contributed by atoms with Gasteiger partial charge in [-0.15, -0.1) is 0 Å². The predicted molar refractivity (Wildman–Crippen MR) is 140 cm³/mol. The topological polar surface area (TPSA) is 77.1 Å². The molecule has 1 N–H and O–H groups in total. The van der Waals surface area contributed by atoms with Crippen molar-refractivity contribution in [2.45, 2.75) is 38.8 Å². The summed E-state index contributed by atoms with van der Waals surface area (Å²) in [5.41, 5.74) is 4.32. The zero-order chi connectivity index (χ0) is 25.9. The van der Waals surface area contributed by atoms with Crippen LogP contribution in [0.15, 0.2) is 60.7 Å². The Labute approximate surface area is 217 Å². The number of amides is 2. The molecule has 2 heterocycles. The minimum Gasteiger partial charge on any atom is -0.497 e. The van der Waals surface area contributed by atoms with Crippen LogP contribution in [0.3, 0.4) is 0 Å². The second kappa shape index (κ2) is 10.5. The molecule has 2 atom stereocenters. The van der Waals surface area contributed by atoms with E-state index >= 15 is 0 Å². The van der Waals surface area contributed by atoms with E-state index in [0.29, 0.717) is 49.8 Å². The summed E-state index contributed by atoms with van der Waals surface area (Å²) in [6.07, 6.45) is 0.687. The van der Waals surface area contributed by atoms with Gasteiger partial charge in [-0.3, -0.25) is 9.59 Å². The van der Waals surface area contributed by atoms with Crippen LogP contribution in [0.2, 0.25) is 0 Å². The molecule has 0 saturated carbocycles. The fraction of sp³-hybridized carbons (Fsp3) is 0.333. The van der Waals surface area contributed by atoms with Gasteiger partial charge in [0.2, 0.25) is 5.91 Å². The van der Waals surface area contributed by atoms with Crippen molar-refractivity contribution < 1.29 is 23.8 Å². The fourth-order valence-electron chi connectivity index (χ4n) is 5.40. The van der Waals surface area contributed by atoms with Crippen molar-refractivity contribution in [2.75, 3.05) is 26.9 Å². The van der Waals surface area contributed by atoms with Gasteiger partial charge >= 0.3 is 0 Å². The first kappa shape index (κ1) is 24.7. The molecule has 7 nitrogen and oxygen atoms in total. The maximum Gasteiger partial charge on any atom is 0.254 e. The Morgan fingerprint density at radius 3 is 2.38 bits per heavy atom. The molecule has 0 radical (unpaired) electrons. The lowest BCUT2D eigenvalue weighted by molar-refractivity contribution is -0.124. The summed E-state index contributed by atoms with van der Waals surface area (Å²) in [5, 5.41) is 3.12. The van der Waals surface area contributed by atoms with Crippen molar-refractivity contribution >= 4 is 11.8 Å². The van der Waals surface area contributed by atoms with Gasteiger partial charge in [0.1, 0.15) is 5.75 Å². The zero-order valence-electron chi connectivity index (χ0n) is 21.5. The first-order valence-electron chi connectivity index (χ1n) is 12.8. The maximum absolute atomic E-state index is 13.9. The lowest BCUT2D eigenvalue weighted by atomic mass is 9.75. The minimum absolute atomic E-state index is 0.0442. The van der Waals surface area contributed by atoms with Crippen LogP contribution in [0.25, 0.3) is 0 Å². The summed E-state index contributed by atoms with van der Waals surface area (Å²) < 4.78 is 17.0. The second-order valence-electron chi connectivity index (χ2n) is 9.19. The molecule has 0 aromatic heterocycles. The number of benzene rings is 3. The van der Waals surface area contributed by atoms with E-state index in [2.05, 4.69) is 5.32 Å². The van der Waals surface area contributed by atoms with E-state index in [1.807, 2.05) is 79.4 Å². The van der Waals surface area contributed by atoms with E-state index in [1.54, 1.807) is 7.11 Å². The molecule has 3 aromatic rings. The van der Waals surface area contributed by atoms with Crippen LogP contribution in [0.4, 0.5) is 0 Å². The number of methoxy groups -OCH3 is 1. The summed E-state index contributed by atoms with van der Waals surface area (Å²) in [5.74, 6) is 1.37. The van der Waals surface area contributed by atoms with Gasteiger partial charge in [0.25, 0.3) is 5.91 Å². The molecule has 2 amide bonds. The Hall–Kier alpha value is -4.00. The summed E-state index contributed by atoms with van der Waals surface area (Å²) in [6, 6.07) is 18.6. The van der Waals surface area contributed by atoms with Gasteiger partial charge in [-0.1, -0.05) is 30.3 Å². The smallest absolute Gasteiger partial charge is 0.254 e. The van der Waals surface area contributed by atoms with E-state index in [4.69, 9.17) is 14.2 Å². The molecule has 0 aliphatic carbocycles. The van der Waals surface area contributed by atoms with Crippen LogP contribution < -0.4 is 19.5 Å². The molecule has 2 aliphatic heterocycles. The largest absolute Gasteiger partial charge is 0.497 e. The normalized spacial score (nSPS) is 17.8. The lowest BCUT2D eigenvalue weighted by Gasteiger charge is -2.45. The Morgan fingerprint density at radius 1 is 0.973 bits per heavy atom. The van der Waals surface area contributed by atoms with E-state index in [9.17, 15) is 9.59 Å². The molecule has 3 aromatic carbocycles. The quantitative estimate of drug-likeness (QED) is 0.487. The highest BCUT2D eigenvalue weighted by atomic mass is 16.5. The van der Waals surface area contributed by atoms with E-state index in [0.717, 1.165) is 28.0 Å². The number of fused-ring (bicyclic) bond motifs is 4. The molecule has 0 bridgehead atoms. The maximum atomic E-state index is 13.9. The number of carbonyl (C=O) groups is 2. The van der Waals surface area contributed by atoms with Crippen LogP contribution >= 0.6 is 0 Å². The van der Waals surface area contributed by atoms with E-state index < -0.39 is 12.0 Å². The predicted octanol–water partition coefficient (Wildman–Crippen LogP) is 4.65. The molecule has 5 rings (SSSR count). The molecule has 37 heavy (non-hydrogen) atoms. The first-order chi connectivity index (χ1) is 18.0. The zero-order valence-corrected chi connectivity index (χ0v) is 21.5. The third-order valence-electron chi connectivity index (χ3n) is 7.09. The molecule has 7 heteroatoms. The number of rotatable bonds is 8.